The second-order valence-electron chi connectivity index (χ2n) is 2.57. The molecule has 1 aromatic heterocycles. The van der Waals surface area contributed by atoms with E-state index in [0.717, 1.165) is 21.6 Å². The van der Waals surface area contributed by atoms with E-state index in [0.29, 0.717) is 0 Å². The Hall–Kier alpha value is 0.0700. The monoisotopic (exact) mass is 234 g/mol. The third-order valence-electron chi connectivity index (χ3n) is 1.34. The average molecular weight is 235 g/mol. The van der Waals surface area contributed by atoms with Crippen molar-refractivity contribution in [3.8, 4) is 0 Å². The van der Waals surface area contributed by atoms with Crippen LogP contribution in [0.15, 0.2) is 9.98 Å². The first-order valence-corrected chi connectivity index (χ1v) is 5.15. The third kappa shape index (κ3) is 3.31. The lowest BCUT2D eigenvalue weighted by Crippen LogP contribution is -2.15. The summed E-state index contributed by atoms with van der Waals surface area (Å²) in [7, 11) is 0. The Kier molecular flexibility index (Phi) is 3.48. The van der Waals surface area contributed by atoms with Crippen LogP contribution in [0.3, 0.4) is 0 Å². The summed E-state index contributed by atoms with van der Waals surface area (Å²) in [5, 5.41) is 1.16. The highest BCUT2D eigenvalue weighted by Gasteiger charge is 2.00. The molecule has 2 nitrogen and oxygen atoms in total. The molecule has 0 unspecified atom stereocenters. The highest BCUT2D eigenvalue weighted by atomic mass is 79.9. The van der Waals surface area contributed by atoms with E-state index in [9.17, 15) is 0 Å². The predicted octanol–water partition coefficient (Wildman–Crippen LogP) is 2.19. The van der Waals surface area contributed by atoms with Crippen molar-refractivity contribution in [3.63, 3.8) is 0 Å². The topological polar surface area (TPSA) is 38.9 Å². The number of aryl methyl sites for hydroxylation is 1. The second-order valence-corrected chi connectivity index (χ2v) is 5.07. The summed E-state index contributed by atoms with van der Waals surface area (Å²) < 4.78 is 1.09. The molecular weight excluding hydrogens is 224 g/mol. The smallest absolute Gasteiger partial charge is 0.0937 e. The lowest BCUT2D eigenvalue weighted by Gasteiger charge is -2.00. The van der Waals surface area contributed by atoms with Crippen molar-refractivity contribution in [1.29, 1.82) is 0 Å². The Bertz CT molecular complexity index is 222. The van der Waals surface area contributed by atoms with Gasteiger partial charge in [0, 0.05) is 12.5 Å². The molecule has 0 bridgehead atoms. The summed E-state index contributed by atoms with van der Waals surface area (Å²) in [5.74, 6) is 0. The first kappa shape index (κ1) is 9.16. The average Bonchev–Trinajstić information content (AvgIpc) is 2.31. The third-order valence-corrected chi connectivity index (χ3v) is 2.87. The number of hydrogen-bond donors (Lipinski definition) is 1. The summed E-state index contributed by atoms with van der Waals surface area (Å²) in [6.07, 6.45) is 3.84. The lowest BCUT2D eigenvalue weighted by atomic mass is 10.2. The van der Waals surface area contributed by atoms with Crippen LogP contribution in [0, 0.1) is 0 Å². The van der Waals surface area contributed by atoms with Crippen molar-refractivity contribution in [2.45, 2.75) is 25.8 Å². The van der Waals surface area contributed by atoms with Crippen LogP contribution in [0.5, 0.6) is 0 Å². The quantitative estimate of drug-likeness (QED) is 0.872. The molecule has 0 aliphatic heterocycles. The molecular formula is C7H11BrN2S. The zero-order chi connectivity index (χ0) is 8.27. The zero-order valence-corrected chi connectivity index (χ0v) is 8.78. The van der Waals surface area contributed by atoms with Crippen LogP contribution in [-0.4, -0.2) is 11.0 Å². The standard InChI is InChI=1S/C7H11BrN2S/c1-5(9)2-3-7-10-4-6(8)11-7/h4-5H,2-3,9H2,1H3/t5-/m0/s1. The fourth-order valence-corrected chi connectivity index (χ4v) is 2.07. The molecule has 0 spiro atoms. The van der Waals surface area contributed by atoms with E-state index >= 15 is 0 Å². The van der Waals surface area contributed by atoms with Gasteiger partial charge in [0.15, 0.2) is 0 Å². The van der Waals surface area contributed by atoms with Gasteiger partial charge in [0.1, 0.15) is 0 Å². The molecule has 0 radical (unpaired) electrons. The van der Waals surface area contributed by atoms with Crippen LogP contribution in [0.4, 0.5) is 0 Å². The van der Waals surface area contributed by atoms with Crippen molar-refractivity contribution < 1.29 is 0 Å². The molecule has 0 saturated carbocycles. The van der Waals surface area contributed by atoms with Crippen LogP contribution in [-0.2, 0) is 6.42 Å². The van der Waals surface area contributed by atoms with Crippen molar-refractivity contribution >= 4 is 27.3 Å². The Balaban J connectivity index is 2.39. The molecule has 0 amide bonds. The summed E-state index contributed by atoms with van der Waals surface area (Å²) in [6.45, 7) is 2.02. The molecule has 0 aliphatic rings. The van der Waals surface area contributed by atoms with Crippen LogP contribution in [0.25, 0.3) is 0 Å². The van der Waals surface area contributed by atoms with Gasteiger partial charge in [-0.25, -0.2) is 4.98 Å². The molecule has 11 heavy (non-hydrogen) atoms. The fourth-order valence-electron chi connectivity index (χ4n) is 0.755. The number of thiazole rings is 1. The molecule has 62 valence electrons. The normalized spacial score (nSPS) is 13.4. The molecule has 0 aliphatic carbocycles. The predicted molar refractivity (Wildman–Crippen MR) is 51.8 cm³/mol. The van der Waals surface area contributed by atoms with Crippen molar-refractivity contribution in [1.82, 2.24) is 4.98 Å². The molecule has 0 aromatic carbocycles. The van der Waals surface area contributed by atoms with E-state index in [-0.39, 0.29) is 6.04 Å². The van der Waals surface area contributed by atoms with Crippen LogP contribution < -0.4 is 5.73 Å². The Morgan fingerprint density at radius 1 is 1.82 bits per heavy atom. The van der Waals surface area contributed by atoms with Crippen molar-refractivity contribution in [3.05, 3.63) is 15.0 Å². The first-order chi connectivity index (χ1) is 5.18. The van der Waals surface area contributed by atoms with Gasteiger partial charge in [-0.05, 0) is 29.3 Å². The zero-order valence-electron chi connectivity index (χ0n) is 6.38. The number of rotatable bonds is 3. The van der Waals surface area contributed by atoms with Gasteiger partial charge in [-0.15, -0.1) is 11.3 Å². The van der Waals surface area contributed by atoms with Crippen molar-refractivity contribution in [2.75, 3.05) is 0 Å². The maximum absolute atomic E-state index is 5.61. The fraction of sp³-hybridized carbons (Fsp3) is 0.571. The summed E-state index contributed by atoms with van der Waals surface area (Å²) in [5.41, 5.74) is 5.61. The van der Waals surface area contributed by atoms with E-state index in [1.165, 1.54) is 0 Å². The molecule has 1 aromatic rings. The van der Waals surface area contributed by atoms with Gasteiger partial charge in [0.25, 0.3) is 0 Å². The number of nitrogens with two attached hydrogens (primary N) is 1. The van der Waals surface area contributed by atoms with Crippen molar-refractivity contribution in [2.24, 2.45) is 5.73 Å². The van der Waals surface area contributed by atoms with Gasteiger partial charge in [0.05, 0.1) is 15.0 Å². The minimum absolute atomic E-state index is 0.276. The number of aromatic nitrogens is 1. The van der Waals surface area contributed by atoms with Gasteiger partial charge in [0.2, 0.25) is 0 Å². The highest BCUT2D eigenvalue weighted by Crippen LogP contribution is 2.20. The first-order valence-electron chi connectivity index (χ1n) is 3.54. The minimum Gasteiger partial charge on any atom is -0.328 e. The van der Waals surface area contributed by atoms with Gasteiger partial charge < -0.3 is 5.73 Å². The van der Waals surface area contributed by atoms with E-state index in [4.69, 9.17) is 5.73 Å². The van der Waals surface area contributed by atoms with Gasteiger partial charge >= 0.3 is 0 Å². The summed E-state index contributed by atoms with van der Waals surface area (Å²) >= 11 is 5.04. The Morgan fingerprint density at radius 2 is 2.55 bits per heavy atom. The van der Waals surface area contributed by atoms with Crippen LogP contribution in [0.2, 0.25) is 0 Å². The number of hydrogen-bond acceptors (Lipinski definition) is 3. The van der Waals surface area contributed by atoms with Gasteiger partial charge in [-0.2, -0.15) is 0 Å². The van der Waals surface area contributed by atoms with Crippen LogP contribution in [0.1, 0.15) is 18.4 Å². The largest absolute Gasteiger partial charge is 0.328 e. The Morgan fingerprint density at radius 3 is 3.00 bits per heavy atom. The molecule has 2 N–H and O–H groups in total. The highest BCUT2D eigenvalue weighted by molar-refractivity contribution is 9.11. The van der Waals surface area contributed by atoms with Gasteiger partial charge in [-0.1, -0.05) is 0 Å². The SMILES string of the molecule is C[C@H](N)CCc1ncc(Br)s1. The molecule has 0 saturated heterocycles. The van der Waals surface area contributed by atoms with E-state index in [1.807, 2.05) is 13.1 Å². The lowest BCUT2D eigenvalue weighted by molar-refractivity contribution is 0.664. The number of nitrogens with zero attached hydrogens (tertiary/aromatic N) is 1. The van der Waals surface area contributed by atoms with Crippen LogP contribution >= 0.6 is 27.3 Å². The molecule has 0 fully saturated rings. The van der Waals surface area contributed by atoms with E-state index < -0.39 is 0 Å². The molecule has 1 atom stereocenters. The molecule has 1 heterocycles. The number of halogens is 1. The molecule has 4 heteroatoms. The second kappa shape index (κ2) is 4.18. The van der Waals surface area contributed by atoms with Gasteiger partial charge in [-0.3, -0.25) is 0 Å². The summed E-state index contributed by atoms with van der Waals surface area (Å²) in [4.78, 5) is 4.20. The maximum atomic E-state index is 5.61. The minimum atomic E-state index is 0.276. The van der Waals surface area contributed by atoms with E-state index in [1.54, 1.807) is 11.3 Å². The molecule has 1 rings (SSSR count). The summed E-state index contributed by atoms with van der Waals surface area (Å²) in [6, 6.07) is 0.276. The Labute approximate surface area is 79.0 Å². The maximum Gasteiger partial charge on any atom is 0.0937 e. The van der Waals surface area contributed by atoms with E-state index in [2.05, 4.69) is 20.9 Å².